The zero-order chi connectivity index (χ0) is 14.8. The lowest BCUT2D eigenvalue weighted by Crippen LogP contribution is -2.02. The molecule has 0 fully saturated rings. The van der Waals surface area contributed by atoms with E-state index in [1.54, 1.807) is 36.4 Å². The monoisotopic (exact) mass is 322 g/mol. The van der Waals surface area contributed by atoms with Gasteiger partial charge in [0.25, 0.3) is 0 Å². The molecule has 1 aliphatic rings. The Balaban J connectivity index is 1.96. The second kappa shape index (κ2) is 5.96. The van der Waals surface area contributed by atoms with Crippen molar-refractivity contribution in [3.63, 3.8) is 0 Å². The maximum Gasteiger partial charge on any atom is 0.193 e. The topological polar surface area (TPSA) is 35.5 Å². The van der Waals surface area contributed by atoms with Crippen molar-refractivity contribution in [3.05, 3.63) is 57.6 Å². The first kappa shape index (κ1) is 14.2. The molecule has 0 radical (unpaired) electrons. The molecule has 0 N–H and O–H groups in total. The van der Waals surface area contributed by atoms with Gasteiger partial charge in [0.05, 0.1) is 13.2 Å². The van der Waals surface area contributed by atoms with Crippen molar-refractivity contribution < 1.29 is 14.3 Å². The van der Waals surface area contributed by atoms with Crippen molar-refractivity contribution in [2.75, 3.05) is 13.2 Å². The maximum atomic E-state index is 12.5. The SMILES string of the molecule is O=C(c1cc(Cl)cc(Cl)c1)c1ccc2c(c1)OCCCO2. The summed E-state index contributed by atoms with van der Waals surface area (Å²) in [6, 6.07) is 9.94. The highest BCUT2D eigenvalue weighted by atomic mass is 35.5. The summed E-state index contributed by atoms with van der Waals surface area (Å²) >= 11 is 11.9. The molecule has 0 unspecified atom stereocenters. The molecular weight excluding hydrogens is 311 g/mol. The average Bonchev–Trinajstić information content (AvgIpc) is 2.69. The number of halogens is 2. The van der Waals surface area contributed by atoms with Gasteiger partial charge < -0.3 is 9.47 Å². The second-order valence-corrected chi connectivity index (χ2v) is 5.57. The van der Waals surface area contributed by atoms with Gasteiger partial charge in [0, 0.05) is 27.6 Å². The third-order valence-electron chi connectivity index (χ3n) is 3.13. The highest BCUT2D eigenvalue weighted by Gasteiger charge is 2.16. The maximum absolute atomic E-state index is 12.5. The largest absolute Gasteiger partial charge is 0.490 e. The Morgan fingerprint density at radius 1 is 0.857 bits per heavy atom. The fourth-order valence-electron chi connectivity index (χ4n) is 2.16. The Kier molecular flexibility index (Phi) is 4.04. The van der Waals surface area contributed by atoms with E-state index in [4.69, 9.17) is 32.7 Å². The van der Waals surface area contributed by atoms with Crippen molar-refractivity contribution in [3.8, 4) is 11.5 Å². The number of ketones is 1. The molecule has 0 spiro atoms. The van der Waals surface area contributed by atoms with E-state index in [9.17, 15) is 4.79 Å². The molecule has 21 heavy (non-hydrogen) atoms. The summed E-state index contributed by atoms with van der Waals surface area (Å²) in [6.07, 6.45) is 0.821. The number of ether oxygens (including phenoxy) is 2. The second-order valence-electron chi connectivity index (χ2n) is 4.70. The molecule has 0 aromatic heterocycles. The quantitative estimate of drug-likeness (QED) is 0.769. The lowest BCUT2D eigenvalue weighted by molar-refractivity contribution is 0.103. The molecule has 0 amide bonds. The summed E-state index contributed by atoms with van der Waals surface area (Å²) < 4.78 is 11.1. The Morgan fingerprint density at radius 3 is 2.24 bits per heavy atom. The average molecular weight is 323 g/mol. The Hall–Kier alpha value is -1.71. The van der Waals surface area contributed by atoms with E-state index >= 15 is 0 Å². The van der Waals surface area contributed by atoms with Crippen molar-refractivity contribution >= 4 is 29.0 Å². The number of benzene rings is 2. The molecule has 0 aliphatic carbocycles. The molecule has 3 nitrogen and oxygen atoms in total. The zero-order valence-corrected chi connectivity index (χ0v) is 12.6. The van der Waals surface area contributed by atoms with Gasteiger partial charge in [0.1, 0.15) is 0 Å². The van der Waals surface area contributed by atoms with E-state index in [0.29, 0.717) is 45.9 Å². The van der Waals surface area contributed by atoms with Crippen LogP contribution in [-0.4, -0.2) is 19.0 Å². The smallest absolute Gasteiger partial charge is 0.193 e. The van der Waals surface area contributed by atoms with Gasteiger partial charge in [0.2, 0.25) is 0 Å². The molecule has 0 atom stereocenters. The van der Waals surface area contributed by atoms with Crippen molar-refractivity contribution in [1.82, 2.24) is 0 Å². The van der Waals surface area contributed by atoms with Crippen LogP contribution in [0, 0.1) is 0 Å². The van der Waals surface area contributed by atoms with Gasteiger partial charge in [-0.15, -0.1) is 0 Å². The first-order valence-electron chi connectivity index (χ1n) is 6.54. The minimum atomic E-state index is -0.157. The molecular formula is C16H12Cl2O3. The van der Waals surface area contributed by atoms with Gasteiger partial charge in [-0.25, -0.2) is 0 Å². The van der Waals surface area contributed by atoms with Gasteiger partial charge in [0.15, 0.2) is 17.3 Å². The predicted octanol–water partition coefficient (Wildman–Crippen LogP) is 4.39. The first-order chi connectivity index (χ1) is 10.1. The van der Waals surface area contributed by atoms with E-state index in [2.05, 4.69) is 0 Å². The Labute approximate surface area is 132 Å². The van der Waals surface area contributed by atoms with Crippen LogP contribution in [0.3, 0.4) is 0 Å². The third-order valence-corrected chi connectivity index (χ3v) is 3.57. The first-order valence-corrected chi connectivity index (χ1v) is 7.29. The summed E-state index contributed by atoms with van der Waals surface area (Å²) in [7, 11) is 0. The standard InChI is InChI=1S/C16H12Cl2O3/c17-12-6-11(7-13(18)9-12)16(19)10-2-3-14-15(8-10)21-5-1-4-20-14/h2-3,6-9H,1,4-5H2. The molecule has 1 heterocycles. The van der Waals surface area contributed by atoms with Gasteiger partial charge in [-0.1, -0.05) is 23.2 Å². The molecule has 5 heteroatoms. The fourth-order valence-corrected chi connectivity index (χ4v) is 2.68. The minimum absolute atomic E-state index is 0.157. The third kappa shape index (κ3) is 3.14. The van der Waals surface area contributed by atoms with E-state index in [-0.39, 0.29) is 5.78 Å². The summed E-state index contributed by atoms with van der Waals surface area (Å²) in [5.74, 6) is 1.09. The molecule has 108 valence electrons. The number of carbonyl (C=O) groups excluding carboxylic acids is 1. The minimum Gasteiger partial charge on any atom is -0.490 e. The molecule has 3 rings (SSSR count). The van der Waals surface area contributed by atoms with Crippen LogP contribution in [-0.2, 0) is 0 Å². The van der Waals surface area contributed by atoms with Crippen LogP contribution in [0.25, 0.3) is 0 Å². The lowest BCUT2D eigenvalue weighted by atomic mass is 10.0. The van der Waals surface area contributed by atoms with Crippen LogP contribution in [0.4, 0.5) is 0 Å². The zero-order valence-electron chi connectivity index (χ0n) is 11.1. The molecule has 1 aliphatic heterocycles. The fraction of sp³-hybridized carbons (Fsp3) is 0.188. The number of fused-ring (bicyclic) bond motifs is 1. The molecule has 0 bridgehead atoms. The van der Waals surface area contributed by atoms with E-state index in [1.165, 1.54) is 0 Å². The van der Waals surface area contributed by atoms with Crippen LogP contribution in [0.15, 0.2) is 36.4 Å². The van der Waals surface area contributed by atoms with Gasteiger partial charge >= 0.3 is 0 Å². The van der Waals surface area contributed by atoms with Crippen molar-refractivity contribution in [1.29, 1.82) is 0 Å². The summed E-state index contributed by atoms with van der Waals surface area (Å²) in [5, 5.41) is 0.861. The molecule has 0 saturated carbocycles. The Bertz CT molecular complexity index is 678. The molecule has 2 aromatic rings. The lowest BCUT2D eigenvalue weighted by Gasteiger charge is -2.09. The number of rotatable bonds is 2. The van der Waals surface area contributed by atoms with Crippen molar-refractivity contribution in [2.45, 2.75) is 6.42 Å². The Morgan fingerprint density at radius 2 is 1.52 bits per heavy atom. The van der Waals surface area contributed by atoms with Crippen LogP contribution in [0.2, 0.25) is 10.0 Å². The van der Waals surface area contributed by atoms with Crippen molar-refractivity contribution in [2.24, 2.45) is 0 Å². The normalized spacial score (nSPS) is 13.6. The van der Waals surface area contributed by atoms with Gasteiger partial charge in [-0.05, 0) is 36.4 Å². The van der Waals surface area contributed by atoms with E-state index in [0.717, 1.165) is 6.42 Å². The number of hydrogen-bond acceptors (Lipinski definition) is 3. The summed E-state index contributed by atoms with van der Waals surface area (Å²) in [6.45, 7) is 1.19. The van der Waals surface area contributed by atoms with E-state index < -0.39 is 0 Å². The summed E-state index contributed by atoms with van der Waals surface area (Å²) in [5.41, 5.74) is 0.958. The van der Waals surface area contributed by atoms with Crippen LogP contribution >= 0.6 is 23.2 Å². The highest BCUT2D eigenvalue weighted by Crippen LogP contribution is 2.31. The predicted molar refractivity (Wildman–Crippen MR) is 81.9 cm³/mol. The number of hydrogen-bond donors (Lipinski definition) is 0. The van der Waals surface area contributed by atoms with E-state index in [1.807, 2.05) is 0 Å². The van der Waals surface area contributed by atoms with Gasteiger partial charge in [-0.2, -0.15) is 0 Å². The molecule has 0 saturated heterocycles. The summed E-state index contributed by atoms with van der Waals surface area (Å²) in [4.78, 5) is 12.5. The van der Waals surface area contributed by atoms with Crippen LogP contribution < -0.4 is 9.47 Å². The van der Waals surface area contributed by atoms with Gasteiger partial charge in [-0.3, -0.25) is 4.79 Å². The van der Waals surface area contributed by atoms with Crippen LogP contribution in [0.5, 0.6) is 11.5 Å². The highest BCUT2D eigenvalue weighted by molar-refractivity contribution is 6.35. The van der Waals surface area contributed by atoms with Crippen LogP contribution in [0.1, 0.15) is 22.3 Å². The number of carbonyl (C=O) groups is 1. The molecule has 2 aromatic carbocycles.